The highest BCUT2D eigenvalue weighted by Gasteiger charge is 2.15. The third-order valence-electron chi connectivity index (χ3n) is 3.20. The van der Waals surface area contributed by atoms with Crippen molar-refractivity contribution in [1.29, 1.82) is 0 Å². The van der Waals surface area contributed by atoms with Crippen LogP contribution >= 0.6 is 11.3 Å². The molecule has 0 aliphatic carbocycles. The lowest BCUT2D eigenvalue weighted by molar-refractivity contribution is -0.383. The summed E-state index contributed by atoms with van der Waals surface area (Å²) in [6.45, 7) is 2.63. The van der Waals surface area contributed by atoms with Crippen LogP contribution in [0.15, 0.2) is 35.8 Å². The van der Waals surface area contributed by atoms with Crippen molar-refractivity contribution in [2.75, 3.05) is 0 Å². The Morgan fingerprint density at radius 2 is 2.25 bits per heavy atom. The van der Waals surface area contributed by atoms with Gasteiger partial charge in [-0.15, -0.1) is 11.3 Å². The number of non-ortho nitro benzene ring substituents is 1. The molecule has 0 saturated heterocycles. The first-order valence-corrected chi connectivity index (χ1v) is 7.22. The number of aromatic nitrogens is 2. The summed E-state index contributed by atoms with van der Waals surface area (Å²) in [4.78, 5) is 15.3. The number of hydrogen-bond acceptors (Lipinski definition) is 4. The van der Waals surface area contributed by atoms with E-state index in [2.05, 4.69) is 11.9 Å². The molecule has 0 aliphatic heterocycles. The molecule has 1 aromatic carbocycles. The van der Waals surface area contributed by atoms with Crippen molar-refractivity contribution in [2.24, 2.45) is 0 Å². The second kappa shape index (κ2) is 5.05. The second-order valence-electron chi connectivity index (χ2n) is 4.50. The van der Waals surface area contributed by atoms with Crippen LogP contribution in [0.1, 0.15) is 17.6 Å². The van der Waals surface area contributed by atoms with Crippen LogP contribution < -0.4 is 0 Å². The number of nitro groups is 1. The highest BCUT2D eigenvalue weighted by molar-refractivity contribution is 7.09. The molecule has 6 heteroatoms. The van der Waals surface area contributed by atoms with Gasteiger partial charge in [0.15, 0.2) is 0 Å². The van der Waals surface area contributed by atoms with E-state index < -0.39 is 0 Å². The summed E-state index contributed by atoms with van der Waals surface area (Å²) in [6, 6.07) is 7.03. The summed E-state index contributed by atoms with van der Waals surface area (Å²) in [5.41, 5.74) is 1.74. The highest BCUT2D eigenvalue weighted by Crippen LogP contribution is 2.27. The Balaban J connectivity index is 2.05. The molecule has 3 rings (SSSR count). The maximum atomic E-state index is 11.1. The SMILES string of the molecule is CCc1nc(Cn2ccc3cccc([N+](=O)[O-])c32)cs1. The fraction of sp³-hybridized carbons (Fsp3) is 0.214. The Morgan fingerprint density at radius 3 is 2.95 bits per heavy atom. The number of nitro benzene ring substituents is 1. The molecule has 0 fully saturated rings. The minimum Gasteiger partial charge on any atom is -0.336 e. The van der Waals surface area contributed by atoms with Gasteiger partial charge in [-0.25, -0.2) is 4.98 Å². The van der Waals surface area contributed by atoms with E-state index >= 15 is 0 Å². The smallest absolute Gasteiger partial charge is 0.293 e. The van der Waals surface area contributed by atoms with E-state index in [0.717, 1.165) is 22.5 Å². The van der Waals surface area contributed by atoms with E-state index in [1.807, 2.05) is 28.3 Å². The van der Waals surface area contributed by atoms with Crippen LogP contribution in [0.5, 0.6) is 0 Å². The first-order chi connectivity index (χ1) is 9.69. The standard InChI is InChI=1S/C14H13N3O2S/c1-2-13-15-11(9-20-13)8-16-7-6-10-4-3-5-12(14(10)16)17(18)19/h3-7,9H,2,8H2,1H3. The average Bonchev–Trinajstić information content (AvgIpc) is 3.06. The molecule has 0 radical (unpaired) electrons. The number of aryl methyl sites for hydroxylation is 1. The van der Waals surface area contributed by atoms with Gasteiger partial charge in [0.05, 0.1) is 22.2 Å². The minimum absolute atomic E-state index is 0.137. The molecule has 0 unspecified atom stereocenters. The van der Waals surface area contributed by atoms with E-state index in [9.17, 15) is 10.1 Å². The summed E-state index contributed by atoms with van der Waals surface area (Å²) >= 11 is 1.63. The van der Waals surface area contributed by atoms with Gasteiger partial charge in [0.1, 0.15) is 5.52 Å². The quantitative estimate of drug-likeness (QED) is 0.544. The Morgan fingerprint density at radius 1 is 1.40 bits per heavy atom. The first-order valence-electron chi connectivity index (χ1n) is 6.34. The number of fused-ring (bicyclic) bond motifs is 1. The van der Waals surface area contributed by atoms with Crippen LogP contribution in [0, 0.1) is 10.1 Å². The van der Waals surface area contributed by atoms with E-state index in [4.69, 9.17) is 0 Å². The van der Waals surface area contributed by atoms with Gasteiger partial charge in [-0.2, -0.15) is 0 Å². The maximum absolute atomic E-state index is 11.1. The zero-order valence-corrected chi connectivity index (χ0v) is 11.8. The molecule has 0 saturated carbocycles. The summed E-state index contributed by atoms with van der Waals surface area (Å²) in [5.74, 6) is 0. The Labute approximate surface area is 119 Å². The fourth-order valence-electron chi connectivity index (χ4n) is 2.28. The van der Waals surface area contributed by atoms with Gasteiger partial charge in [0.2, 0.25) is 0 Å². The summed E-state index contributed by atoms with van der Waals surface area (Å²) in [5, 5.41) is 15.1. The monoisotopic (exact) mass is 287 g/mol. The summed E-state index contributed by atoms with van der Waals surface area (Å²) in [7, 11) is 0. The lowest BCUT2D eigenvalue weighted by Crippen LogP contribution is -2.01. The molecule has 20 heavy (non-hydrogen) atoms. The van der Waals surface area contributed by atoms with Gasteiger partial charge in [-0.1, -0.05) is 19.1 Å². The molecule has 5 nitrogen and oxygen atoms in total. The van der Waals surface area contributed by atoms with Crippen molar-refractivity contribution < 1.29 is 4.92 Å². The predicted molar refractivity (Wildman–Crippen MR) is 79.2 cm³/mol. The van der Waals surface area contributed by atoms with Crippen LogP contribution in [0.3, 0.4) is 0 Å². The first kappa shape index (κ1) is 12.8. The van der Waals surface area contributed by atoms with Crippen LogP contribution in [0.25, 0.3) is 10.9 Å². The van der Waals surface area contributed by atoms with E-state index in [0.29, 0.717) is 12.1 Å². The number of hydrogen-bond donors (Lipinski definition) is 0. The molecule has 0 aliphatic rings. The third kappa shape index (κ3) is 2.18. The molecule has 2 heterocycles. The van der Waals surface area contributed by atoms with Crippen molar-refractivity contribution >= 4 is 27.9 Å². The lowest BCUT2D eigenvalue weighted by Gasteiger charge is -2.03. The summed E-state index contributed by atoms with van der Waals surface area (Å²) < 4.78 is 1.89. The molecule has 0 bridgehead atoms. The number of benzene rings is 1. The van der Waals surface area contributed by atoms with Crippen LogP contribution in [-0.4, -0.2) is 14.5 Å². The van der Waals surface area contributed by atoms with Gasteiger partial charge in [-0.05, 0) is 12.5 Å². The van der Waals surface area contributed by atoms with Gasteiger partial charge in [0.25, 0.3) is 5.69 Å². The number of para-hydroxylation sites is 1. The van der Waals surface area contributed by atoms with Gasteiger partial charge in [0, 0.05) is 23.0 Å². The van der Waals surface area contributed by atoms with Crippen molar-refractivity contribution in [3.63, 3.8) is 0 Å². The molecule has 0 amide bonds. The van der Waals surface area contributed by atoms with E-state index in [1.165, 1.54) is 6.07 Å². The topological polar surface area (TPSA) is 61.0 Å². The number of rotatable bonds is 4. The van der Waals surface area contributed by atoms with Gasteiger partial charge in [-0.3, -0.25) is 10.1 Å². The Bertz CT molecular complexity index is 776. The molecular formula is C14H13N3O2S. The van der Waals surface area contributed by atoms with Gasteiger partial charge >= 0.3 is 0 Å². The van der Waals surface area contributed by atoms with Crippen LogP contribution in [0.2, 0.25) is 0 Å². The molecule has 0 atom stereocenters. The Kier molecular flexibility index (Phi) is 3.23. The van der Waals surface area contributed by atoms with Crippen LogP contribution in [-0.2, 0) is 13.0 Å². The van der Waals surface area contributed by atoms with E-state index in [-0.39, 0.29) is 10.6 Å². The predicted octanol–water partition coefficient (Wildman–Crippen LogP) is 3.62. The largest absolute Gasteiger partial charge is 0.336 e. The maximum Gasteiger partial charge on any atom is 0.293 e. The molecule has 0 spiro atoms. The second-order valence-corrected chi connectivity index (χ2v) is 5.44. The zero-order chi connectivity index (χ0) is 14.1. The van der Waals surface area contributed by atoms with Crippen molar-refractivity contribution in [3.8, 4) is 0 Å². The summed E-state index contributed by atoms with van der Waals surface area (Å²) in [6.07, 6.45) is 2.79. The zero-order valence-electron chi connectivity index (χ0n) is 10.9. The number of nitrogens with zero attached hydrogens (tertiary/aromatic N) is 3. The lowest BCUT2D eigenvalue weighted by atomic mass is 10.2. The molecule has 2 aromatic heterocycles. The molecular weight excluding hydrogens is 274 g/mol. The van der Waals surface area contributed by atoms with Gasteiger partial charge < -0.3 is 4.57 Å². The van der Waals surface area contributed by atoms with E-state index in [1.54, 1.807) is 17.4 Å². The van der Waals surface area contributed by atoms with Crippen molar-refractivity contribution in [1.82, 2.24) is 9.55 Å². The molecule has 3 aromatic rings. The Hall–Kier alpha value is -2.21. The normalized spacial score (nSPS) is 11.1. The average molecular weight is 287 g/mol. The molecule has 0 N–H and O–H groups in total. The molecule has 102 valence electrons. The number of thiazole rings is 1. The third-order valence-corrected chi connectivity index (χ3v) is 4.24. The van der Waals surface area contributed by atoms with Crippen molar-refractivity contribution in [3.05, 3.63) is 56.7 Å². The van der Waals surface area contributed by atoms with Crippen molar-refractivity contribution in [2.45, 2.75) is 19.9 Å². The highest BCUT2D eigenvalue weighted by atomic mass is 32.1. The minimum atomic E-state index is -0.336. The van der Waals surface area contributed by atoms with Crippen LogP contribution in [0.4, 0.5) is 5.69 Å². The fourth-order valence-corrected chi connectivity index (χ4v) is 3.01.